The minimum atomic E-state index is 0.136. The summed E-state index contributed by atoms with van der Waals surface area (Å²) in [5.41, 5.74) is 4.36. The van der Waals surface area contributed by atoms with Crippen molar-refractivity contribution in [3.8, 4) is 0 Å². The summed E-state index contributed by atoms with van der Waals surface area (Å²) in [6, 6.07) is 7.01. The van der Waals surface area contributed by atoms with Crippen molar-refractivity contribution in [2.45, 2.75) is 59.5 Å². The number of hydrogen-bond acceptors (Lipinski definition) is 2. The van der Waals surface area contributed by atoms with Crippen LogP contribution in [-0.2, 0) is 0 Å². The van der Waals surface area contributed by atoms with Crippen molar-refractivity contribution in [3.63, 3.8) is 0 Å². The zero-order valence-corrected chi connectivity index (χ0v) is 14.4. The first-order valence-electron chi connectivity index (χ1n) is 7.94. The van der Waals surface area contributed by atoms with Crippen LogP contribution in [0.5, 0.6) is 0 Å². The second-order valence-corrected chi connectivity index (χ2v) is 5.89. The Labute approximate surface area is 125 Å². The van der Waals surface area contributed by atoms with Crippen molar-refractivity contribution >= 4 is 0 Å². The van der Waals surface area contributed by atoms with Gasteiger partial charge in [-0.1, -0.05) is 39.0 Å². The van der Waals surface area contributed by atoms with Crippen LogP contribution in [0.3, 0.4) is 0 Å². The molecule has 1 N–H and O–H groups in total. The van der Waals surface area contributed by atoms with E-state index in [-0.39, 0.29) is 5.54 Å². The molecular formula is C18H32N2. The van der Waals surface area contributed by atoms with Crippen LogP contribution in [0.25, 0.3) is 0 Å². The second kappa shape index (κ2) is 7.24. The van der Waals surface area contributed by atoms with Crippen molar-refractivity contribution in [2.75, 3.05) is 20.1 Å². The number of benzene rings is 1. The Morgan fingerprint density at radius 2 is 1.75 bits per heavy atom. The lowest BCUT2D eigenvalue weighted by atomic mass is 9.80. The lowest BCUT2D eigenvalue weighted by molar-refractivity contribution is 0.0726. The molecule has 0 aliphatic heterocycles. The number of rotatable bonds is 7. The van der Waals surface area contributed by atoms with Crippen molar-refractivity contribution in [2.24, 2.45) is 0 Å². The van der Waals surface area contributed by atoms with Gasteiger partial charge in [0.05, 0.1) is 6.04 Å². The van der Waals surface area contributed by atoms with Gasteiger partial charge in [0.1, 0.15) is 0 Å². The predicted molar refractivity (Wildman–Crippen MR) is 89.3 cm³/mol. The summed E-state index contributed by atoms with van der Waals surface area (Å²) in [6.07, 6.45) is 1.13. The zero-order chi connectivity index (χ0) is 15.3. The minimum absolute atomic E-state index is 0.136. The van der Waals surface area contributed by atoms with E-state index < -0.39 is 0 Å². The summed E-state index contributed by atoms with van der Waals surface area (Å²) in [5.74, 6) is 0. The van der Waals surface area contributed by atoms with Gasteiger partial charge >= 0.3 is 0 Å². The quantitative estimate of drug-likeness (QED) is 0.807. The Morgan fingerprint density at radius 3 is 2.20 bits per heavy atom. The Morgan fingerprint density at radius 1 is 1.15 bits per heavy atom. The number of nitrogens with one attached hydrogen (secondary N) is 1. The molecule has 0 spiro atoms. The topological polar surface area (TPSA) is 15.3 Å². The molecule has 1 aromatic carbocycles. The van der Waals surface area contributed by atoms with E-state index >= 15 is 0 Å². The molecule has 2 heteroatoms. The van der Waals surface area contributed by atoms with E-state index in [1.54, 1.807) is 0 Å². The highest BCUT2D eigenvalue weighted by molar-refractivity contribution is 5.37. The molecule has 0 amide bonds. The maximum absolute atomic E-state index is 3.59. The molecule has 1 aromatic rings. The van der Waals surface area contributed by atoms with Gasteiger partial charge in [0, 0.05) is 5.54 Å². The molecule has 0 heterocycles. The summed E-state index contributed by atoms with van der Waals surface area (Å²) in [7, 11) is 2.09. The maximum Gasteiger partial charge on any atom is 0.0504 e. The van der Waals surface area contributed by atoms with E-state index in [0.717, 1.165) is 19.5 Å². The van der Waals surface area contributed by atoms with Gasteiger partial charge in [0.2, 0.25) is 0 Å². The lowest BCUT2D eigenvalue weighted by Gasteiger charge is -2.46. The Bertz CT molecular complexity index is 423. The average molecular weight is 276 g/mol. The molecule has 1 rings (SSSR count). The molecule has 2 atom stereocenters. The van der Waals surface area contributed by atoms with E-state index in [1.165, 1.54) is 16.7 Å². The highest BCUT2D eigenvalue weighted by atomic mass is 15.2. The monoisotopic (exact) mass is 276 g/mol. The molecule has 114 valence electrons. The largest absolute Gasteiger partial charge is 0.311 e. The van der Waals surface area contributed by atoms with Gasteiger partial charge in [-0.05, 0) is 64.0 Å². The first kappa shape index (κ1) is 17.2. The summed E-state index contributed by atoms with van der Waals surface area (Å²) in [6.45, 7) is 15.8. The molecule has 0 aliphatic rings. The van der Waals surface area contributed by atoms with Crippen molar-refractivity contribution < 1.29 is 0 Å². The third-order valence-electron chi connectivity index (χ3n) is 5.07. The summed E-state index contributed by atoms with van der Waals surface area (Å²) in [4.78, 5) is 2.58. The molecule has 0 aromatic heterocycles. The molecular weight excluding hydrogens is 244 g/mol. The van der Waals surface area contributed by atoms with Crippen molar-refractivity contribution in [1.82, 2.24) is 10.2 Å². The van der Waals surface area contributed by atoms with Gasteiger partial charge in [-0.15, -0.1) is 0 Å². The number of hydrogen-bond donors (Lipinski definition) is 1. The van der Waals surface area contributed by atoms with Crippen LogP contribution < -0.4 is 5.32 Å². The van der Waals surface area contributed by atoms with E-state index in [0.29, 0.717) is 6.04 Å². The van der Waals surface area contributed by atoms with E-state index in [1.807, 2.05) is 0 Å². The maximum atomic E-state index is 3.59. The standard InChI is InChI=1S/C18H32N2/c1-8-18(6,20(9-2)10-3)17(19-7)16-13-11-12-14(4)15(16)5/h11-13,17,19H,8-10H2,1-7H3. The fourth-order valence-electron chi connectivity index (χ4n) is 3.44. The Kier molecular flexibility index (Phi) is 6.22. The predicted octanol–water partition coefficient (Wildman–Crippen LogP) is 4.07. The average Bonchev–Trinajstić information content (AvgIpc) is 2.45. The Balaban J connectivity index is 3.31. The Hall–Kier alpha value is -0.860. The van der Waals surface area contributed by atoms with Gasteiger partial charge in [-0.25, -0.2) is 0 Å². The van der Waals surface area contributed by atoms with Gasteiger partial charge in [0.15, 0.2) is 0 Å². The highest BCUT2D eigenvalue weighted by Crippen LogP contribution is 2.35. The van der Waals surface area contributed by atoms with Crippen LogP contribution in [0.2, 0.25) is 0 Å². The molecule has 0 saturated carbocycles. The van der Waals surface area contributed by atoms with E-state index in [2.05, 4.69) is 77.0 Å². The summed E-state index contributed by atoms with van der Waals surface area (Å²) < 4.78 is 0. The van der Waals surface area contributed by atoms with Crippen LogP contribution in [0.4, 0.5) is 0 Å². The number of likely N-dealkylation sites (N-methyl/N-ethyl adjacent to an activating group) is 2. The normalized spacial score (nSPS) is 16.2. The summed E-state index contributed by atoms with van der Waals surface area (Å²) in [5, 5.41) is 3.59. The van der Waals surface area contributed by atoms with Crippen molar-refractivity contribution in [3.05, 3.63) is 34.9 Å². The molecule has 0 radical (unpaired) electrons. The highest BCUT2D eigenvalue weighted by Gasteiger charge is 2.37. The van der Waals surface area contributed by atoms with Gasteiger partial charge in [-0.2, -0.15) is 0 Å². The molecule has 2 unspecified atom stereocenters. The van der Waals surface area contributed by atoms with Gasteiger partial charge < -0.3 is 5.32 Å². The first-order valence-corrected chi connectivity index (χ1v) is 7.94. The first-order chi connectivity index (χ1) is 9.46. The minimum Gasteiger partial charge on any atom is -0.311 e. The number of nitrogens with zero attached hydrogens (tertiary/aromatic N) is 1. The van der Waals surface area contributed by atoms with Gasteiger partial charge in [-0.3, -0.25) is 4.90 Å². The third-order valence-corrected chi connectivity index (χ3v) is 5.07. The molecule has 2 nitrogen and oxygen atoms in total. The van der Waals surface area contributed by atoms with Crippen LogP contribution in [0.1, 0.15) is 56.8 Å². The fraction of sp³-hybridized carbons (Fsp3) is 0.667. The SMILES string of the molecule is CCN(CC)C(C)(CC)C(NC)c1cccc(C)c1C. The van der Waals surface area contributed by atoms with Crippen LogP contribution in [0, 0.1) is 13.8 Å². The van der Waals surface area contributed by atoms with E-state index in [9.17, 15) is 0 Å². The molecule has 0 fully saturated rings. The van der Waals surface area contributed by atoms with Gasteiger partial charge in [0.25, 0.3) is 0 Å². The molecule has 0 aliphatic carbocycles. The van der Waals surface area contributed by atoms with Crippen molar-refractivity contribution in [1.29, 1.82) is 0 Å². The zero-order valence-electron chi connectivity index (χ0n) is 14.4. The molecule has 0 bridgehead atoms. The second-order valence-electron chi connectivity index (χ2n) is 5.89. The smallest absolute Gasteiger partial charge is 0.0504 e. The van der Waals surface area contributed by atoms with E-state index in [4.69, 9.17) is 0 Å². The lowest BCUT2D eigenvalue weighted by Crippen LogP contribution is -2.53. The number of aryl methyl sites for hydroxylation is 1. The van der Waals surface area contributed by atoms with Crippen LogP contribution >= 0.6 is 0 Å². The third kappa shape index (κ3) is 3.07. The van der Waals surface area contributed by atoms with Crippen LogP contribution in [-0.4, -0.2) is 30.6 Å². The van der Waals surface area contributed by atoms with Crippen LogP contribution in [0.15, 0.2) is 18.2 Å². The fourth-order valence-corrected chi connectivity index (χ4v) is 3.44. The molecule has 20 heavy (non-hydrogen) atoms. The molecule has 0 saturated heterocycles. The summed E-state index contributed by atoms with van der Waals surface area (Å²) >= 11 is 0.